The quantitative estimate of drug-likeness (QED) is 0.836. The van der Waals surface area contributed by atoms with E-state index in [0.29, 0.717) is 26.1 Å². The zero-order valence-corrected chi connectivity index (χ0v) is 16.8. The van der Waals surface area contributed by atoms with Crippen LogP contribution >= 0.6 is 0 Å². The van der Waals surface area contributed by atoms with Crippen LogP contribution in [0.3, 0.4) is 0 Å². The zero-order valence-electron chi connectivity index (χ0n) is 16.8. The summed E-state index contributed by atoms with van der Waals surface area (Å²) < 4.78 is 19.2. The van der Waals surface area contributed by atoms with Gasteiger partial charge in [-0.05, 0) is 55.9 Å². The maximum atomic E-state index is 12.9. The van der Waals surface area contributed by atoms with E-state index in [9.17, 15) is 9.18 Å². The lowest BCUT2D eigenvalue weighted by atomic mass is 9.83. The fourth-order valence-electron chi connectivity index (χ4n) is 4.21. The molecule has 3 heterocycles. The van der Waals surface area contributed by atoms with Gasteiger partial charge < -0.3 is 10.1 Å². The molecular weight excluding hydrogens is 371 g/mol. The van der Waals surface area contributed by atoms with Crippen LogP contribution in [0.15, 0.2) is 30.5 Å². The number of hydrogen-bond acceptors (Lipinski definition) is 5. The van der Waals surface area contributed by atoms with Gasteiger partial charge in [-0.25, -0.2) is 14.4 Å². The molecule has 1 aromatic heterocycles. The van der Waals surface area contributed by atoms with E-state index in [2.05, 4.69) is 15.2 Å². The third-order valence-corrected chi connectivity index (χ3v) is 5.85. The van der Waals surface area contributed by atoms with Crippen LogP contribution in [0.25, 0.3) is 0 Å². The lowest BCUT2D eigenvalue weighted by Crippen LogP contribution is -2.49. The molecule has 1 saturated heterocycles. The molecule has 2 aliphatic rings. The van der Waals surface area contributed by atoms with Gasteiger partial charge in [0.2, 0.25) is 5.91 Å². The fraction of sp³-hybridized carbons (Fsp3) is 0.500. The Morgan fingerprint density at radius 1 is 1.28 bits per heavy atom. The number of hydrogen-bond donors (Lipinski definition) is 1. The van der Waals surface area contributed by atoms with Crippen LogP contribution in [0, 0.1) is 12.7 Å². The van der Waals surface area contributed by atoms with Crippen LogP contribution in [-0.4, -0.2) is 53.6 Å². The number of carbonyl (C=O) groups is 1. The predicted octanol–water partition coefficient (Wildman–Crippen LogP) is 2.15. The fourth-order valence-corrected chi connectivity index (χ4v) is 4.21. The number of aromatic nitrogens is 2. The lowest BCUT2D eigenvalue weighted by molar-refractivity contribution is -0.126. The number of benzene rings is 1. The van der Waals surface area contributed by atoms with Crippen molar-refractivity contribution < 1.29 is 13.9 Å². The number of nitrogens with one attached hydrogen (secondary N) is 1. The molecule has 7 heteroatoms. The summed E-state index contributed by atoms with van der Waals surface area (Å²) in [5.41, 5.74) is 2.90. The number of fused-ring (bicyclic) bond motifs is 2. The monoisotopic (exact) mass is 398 g/mol. The van der Waals surface area contributed by atoms with Crippen molar-refractivity contribution in [3.05, 3.63) is 58.9 Å². The van der Waals surface area contributed by atoms with Crippen molar-refractivity contribution in [2.24, 2.45) is 0 Å². The largest absolute Gasteiger partial charge is 0.368 e. The molecule has 154 valence electrons. The van der Waals surface area contributed by atoms with Crippen molar-refractivity contribution in [3.63, 3.8) is 0 Å². The Hall–Kier alpha value is -2.38. The van der Waals surface area contributed by atoms with E-state index in [0.717, 1.165) is 49.4 Å². The molecule has 0 unspecified atom stereocenters. The average molecular weight is 398 g/mol. The first kappa shape index (κ1) is 19.9. The molecule has 1 amide bonds. The summed E-state index contributed by atoms with van der Waals surface area (Å²) in [6.07, 6.45) is 5.15. The number of rotatable bonds is 5. The minimum Gasteiger partial charge on any atom is -0.368 e. The predicted molar refractivity (Wildman–Crippen MR) is 107 cm³/mol. The molecule has 1 aromatic carbocycles. The van der Waals surface area contributed by atoms with Crippen LogP contribution in [0.5, 0.6) is 0 Å². The molecule has 0 aliphatic carbocycles. The van der Waals surface area contributed by atoms with Crippen LogP contribution < -0.4 is 5.32 Å². The Labute approximate surface area is 170 Å². The first-order valence-electron chi connectivity index (χ1n) is 10.2. The summed E-state index contributed by atoms with van der Waals surface area (Å²) in [5.74, 6) is 0.551. The van der Waals surface area contributed by atoms with Gasteiger partial charge in [0.05, 0.1) is 18.8 Å². The Morgan fingerprint density at radius 2 is 2.03 bits per heavy atom. The second-order valence-corrected chi connectivity index (χ2v) is 7.89. The normalized spacial score (nSPS) is 18.4. The Kier molecular flexibility index (Phi) is 5.87. The highest BCUT2D eigenvalue weighted by atomic mass is 19.1. The molecule has 2 aliphatic heterocycles. The van der Waals surface area contributed by atoms with Gasteiger partial charge in [-0.2, -0.15) is 0 Å². The van der Waals surface area contributed by atoms with Crippen molar-refractivity contribution in [3.8, 4) is 0 Å². The summed E-state index contributed by atoms with van der Waals surface area (Å²) in [6.45, 7) is 5.14. The number of aryl methyl sites for hydroxylation is 1. The number of ether oxygens (including phenoxy) is 1. The van der Waals surface area contributed by atoms with E-state index in [4.69, 9.17) is 9.72 Å². The second-order valence-electron chi connectivity index (χ2n) is 7.89. The average Bonchev–Trinajstić information content (AvgIpc) is 2.72. The minimum atomic E-state index is -0.336. The molecule has 0 radical (unpaired) electrons. The molecule has 0 saturated carbocycles. The Bertz CT molecular complexity index is 864. The first-order chi connectivity index (χ1) is 14.0. The van der Waals surface area contributed by atoms with Gasteiger partial charge in [0.1, 0.15) is 17.2 Å². The number of halogens is 1. The number of likely N-dealkylation sites (tertiary alicyclic amines) is 1. The Balaban J connectivity index is 1.27. The second kappa shape index (κ2) is 8.55. The molecule has 4 rings (SSSR count). The summed E-state index contributed by atoms with van der Waals surface area (Å²) in [4.78, 5) is 23.5. The molecule has 1 fully saturated rings. The minimum absolute atomic E-state index is 0.0196. The first-order valence-corrected chi connectivity index (χ1v) is 10.2. The third-order valence-electron chi connectivity index (χ3n) is 5.85. The van der Waals surface area contributed by atoms with Crippen molar-refractivity contribution in [2.45, 2.75) is 38.2 Å². The van der Waals surface area contributed by atoms with Crippen molar-refractivity contribution >= 4 is 5.91 Å². The van der Waals surface area contributed by atoms with Gasteiger partial charge in [0.25, 0.3) is 0 Å². The maximum Gasteiger partial charge on any atom is 0.234 e. The molecule has 1 spiro atoms. The molecule has 6 nitrogen and oxygen atoms in total. The number of nitrogens with zero attached hydrogens (tertiary/aromatic N) is 3. The van der Waals surface area contributed by atoms with E-state index in [1.54, 1.807) is 12.1 Å². The molecular formula is C22H27FN4O2. The molecule has 0 bridgehead atoms. The van der Waals surface area contributed by atoms with Gasteiger partial charge in [-0.15, -0.1) is 0 Å². The van der Waals surface area contributed by atoms with Gasteiger partial charge >= 0.3 is 0 Å². The van der Waals surface area contributed by atoms with Crippen LogP contribution in [-0.2, 0) is 28.0 Å². The SMILES string of the molecule is Cc1ncc2c(n1)C1(CCN(CC(=O)NCCc3ccc(F)cc3)CC1)OCC2. The smallest absolute Gasteiger partial charge is 0.234 e. The number of piperidine rings is 1. The van der Waals surface area contributed by atoms with E-state index < -0.39 is 0 Å². The highest BCUT2D eigenvalue weighted by Gasteiger charge is 2.42. The van der Waals surface area contributed by atoms with E-state index in [1.807, 2.05) is 13.1 Å². The highest BCUT2D eigenvalue weighted by molar-refractivity contribution is 5.78. The zero-order chi connectivity index (χ0) is 20.3. The molecule has 2 aromatic rings. The number of carbonyl (C=O) groups excluding carboxylic acids is 1. The summed E-state index contributed by atoms with van der Waals surface area (Å²) in [7, 11) is 0. The van der Waals surface area contributed by atoms with E-state index in [1.165, 1.54) is 17.7 Å². The van der Waals surface area contributed by atoms with Crippen molar-refractivity contribution in [1.82, 2.24) is 20.2 Å². The highest BCUT2D eigenvalue weighted by Crippen LogP contribution is 2.40. The van der Waals surface area contributed by atoms with Gasteiger partial charge in [0, 0.05) is 25.8 Å². The molecule has 29 heavy (non-hydrogen) atoms. The molecule has 1 N–H and O–H groups in total. The van der Waals surface area contributed by atoms with Gasteiger partial charge in [-0.1, -0.05) is 12.1 Å². The van der Waals surface area contributed by atoms with E-state index in [-0.39, 0.29) is 17.3 Å². The van der Waals surface area contributed by atoms with Crippen LogP contribution in [0.2, 0.25) is 0 Å². The summed E-state index contributed by atoms with van der Waals surface area (Å²) in [5, 5.41) is 2.96. The Morgan fingerprint density at radius 3 is 2.79 bits per heavy atom. The summed E-state index contributed by atoms with van der Waals surface area (Å²) in [6, 6.07) is 6.38. The maximum absolute atomic E-state index is 12.9. The van der Waals surface area contributed by atoms with Crippen LogP contribution in [0.1, 0.15) is 35.5 Å². The van der Waals surface area contributed by atoms with Gasteiger partial charge in [0.15, 0.2) is 0 Å². The lowest BCUT2D eigenvalue weighted by Gasteiger charge is -2.43. The van der Waals surface area contributed by atoms with Crippen molar-refractivity contribution in [2.75, 3.05) is 32.8 Å². The van der Waals surface area contributed by atoms with Crippen LogP contribution in [0.4, 0.5) is 4.39 Å². The van der Waals surface area contributed by atoms with Gasteiger partial charge in [-0.3, -0.25) is 9.69 Å². The topological polar surface area (TPSA) is 67.4 Å². The van der Waals surface area contributed by atoms with E-state index >= 15 is 0 Å². The van der Waals surface area contributed by atoms with Crippen molar-refractivity contribution in [1.29, 1.82) is 0 Å². The standard InChI is InChI=1S/C22H27FN4O2/c1-16-25-14-18-7-13-29-22(21(18)26-16)8-11-27(12-9-22)15-20(28)24-10-6-17-2-4-19(23)5-3-17/h2-5,14H,6-13,15H2,1H3,(H,24,28). The number of amides is 1. The molecule has 0 atom stereocenters. The third kappa shape index (κ3) is 4.62. The summed E-state index contributed by atoms with van der Waals surface area (Å²) >= 11 is 0.